The first kappa shape index (κ1) is 58.8. The standard InChI is InChI=1S/C56H93N3O9/c1-3-5-7-9-11-13-15-17-18-19-20-22-24-26-34-40-50(61)59(41-35-27-25-23-21-16-14-12-10-8-6-4-2)55-51(53(63)52(62)49(42-60)68-55)58-54(64)48(45-66-43-46-36-30-28-31-37-46)57-56(65)67-44-47-38-32-29-33-39-47/h28-33,36-39,48-49,51-53,55,60,62-63H,3-27,34-35,40-45H2,1-2H3,(H,57,65)(H,58,64)/t48-,49+,51+,52+,53+,55+/m0/s1. The molecular weight excluding hydrogens is 859 g/mol. The molecule has 12 heteroatoms. The van der Waals surface area contributed by atoms with Crippen LogP contribution in [0.15, 0.2) is 60.7 Å². The van der Waals surface area contributed by atoms with E-state index in [0.29, 0.717) is 19.4 Å². The lowest BCUT2D eigenvalue weighted by Gasteiger charge is -2.47. The molecule has 3 rings (SSSR count). The minimum absolute atomic E-state index is 0.0204. The van der Waals surface area contributed by atoms with Crippen molar-refractivity contribution in [2.24, 2.45) is 0 Å². The Kier molecular flexibility index (Phi) is 33.0. The van der Waals surface area contributed by atoms with E-state index in [1.54, 1.807) is 4.90 Å². The van der Waals surface area contributed by atoms with Crippen LogP contribution in [0.2, 0.25) is 0 Å². The summed E-state index contributed by atoms with van der Waals surface area (Å²) in [5.74, 6) is -0.889. The van der Waals surface area contributed by atoms with Crippen LogP contribution < -0.4 is 10.6 Å². The highest BCUT2D eigenvalue weighted by Crippen LogP contribution is 2.26. The lowest BCUT2D eigenvalue weighted by molar-refractivity contribution is -0.231. The van der Waals surface area contributed by atoms with E-state index in [2.05, 4.69) is 24.5 Å². The molecule has 0 unspecified atom stereocenters. The highest BCUT2D eigenvalue weighted by Gasteiger charge is 2.48. The minimum Gasteiger partial charge on any atom is -0.445 e. The Labute approximate surface area is 411 Å². The van der Waals surface area contributed by atoms with Gasteiger partial charge in [-0.05, 0) is 24.0 Å². The summed E-state index contributed by atoms with van der Waals surface area (Å²) >= 11 is 0. The predicted molar refractivity (Wildman–Crippen MR) is 272 cm³/mol. The molecule has 0 radical (unpaired) electrons. The Balaban J connectivity index is 1.66. The molecule has 0 bridgehead atoms. The second-order valence-electron chi connectivity index (χ2n) is 19.2. The number of aliphatic hydroxyl groups excluding tert-OH is 3. The largest absolute Gasteiger partial charge is 0.445 e. The number of hydrogen-bond acceptors (Lipinski definition) is 9. The van der Waals surface area contributed by atoms with E-state index in [4.69, 9.17) is 14.2 Å². The van der Waals surface area contributed by atoms with Crippen molar-refractivity contribution in [2.75, 3.05) is 19.8 Å². The normalized spacial score (nSPS) is 18.5. The number of amides is 3. The highest BCUT2D eigenvalue weighted by molar-refractivity contribution is 5.86. The average molecular weight is 952 g/mol. The third kappa shape index (κ3) is 25.3. The van der Waals surface area contributed by atoms with Gasteiger partial charge >= 0.3 is 6.09 Å². The number of alkyl carbamates (subject to hydrolysis) is 1. The van der Waals surface area contributed by atoms with E-state index < -0.39 is 55.2 Å². The molecule has 1 fully saturated rings. The van der Waals surface area contributed by atoms with Crippen molar-refractivity contribution in [3.8, 4) is 0 Å². The molecule has 6 atom stereocenters. The molecule has 1 saturated heterocycles. The van der Waals surface area contributed by atoms with Crippen molar-refractivity contribution in [2.45, 2.75) is 243 Å². The quantitative estimate of drug-likeness (QED) is 0.0409. The van der Waals surface area contributed by atoms with E-state index >= 15 is 0 Å². The Hall–Kier alpha value is -3.55. The molecule has 12 nitrogen and oxygen atoms in total. The van der Waals surface area contributed by atoms with Crippen molar-refractivity contribution in [3.63, 3.8) is 0 Å². The van der Waals surface area contributed by atoms with Crippen LogP contribution in [0, 0.1) is 0 Å². The number of benzene rings is 2. The second kappa shape index (κ2) is 38.2. The van der Waals surface area contributed by atoms with Gasteiger partial charge in [-0.15, -0.1) is 0 Å². The number of ether oxygens (including phenoxy) is 3. The summed E-state index contributed by atoms with van der Waals surface area (Å²) in [5, 5.41) is 38.5. The van der Waals surface area contributed by atoms with Crippen molar-refractivity contribution < 1.29 is 43.9 Å². The molecule has 2 aromatic rings. The van der Waals surface area contributed by atoms with Crippen LogP contribution in [-0.2, 0) is 37.0 Å². The van der Waals surface area contributed by atoms with Gasteiger partial charge in [0.05, 0.1) is 19.8 Å². The van der Waals surface area contributed by atoms with Crippen LogP contribution in [0.25, 0.3) is 0 Å². The Morgan fingerprint density at radius 3 is 1.51 bits per heavy atom. The molecule has 0 aliphatic carbocycles. The van der Waals surface area contributed by atoms with Crippen molar-refractivity contribution in [3.05, 3.63) is 71.8 Å². The maximum absolute atomic E-state index is 14.3. The van der Waals surface area contributed by atoms with Crippen LogP contribution in [0.3, 0.4) is 0 Å². The minimum atomic E-state index is -1.60. The van der Waals surface area contributed by atoms with Crippen molar-refractivity contribution in [1.82, 2.24) is 15.5 Å². The van der Waals surface area contributed by atoms with Gasteiger partial charge in [0.25, 0.3) is 0 Å². The van der Waals surface area contributed by atoms with Gasteiger partial charge in [0.15, 0.2) is 6.23 Å². The summed E-state index contributed by atoms with van der Waals surface area (Å²) < 4.78 is 17.7. The first-order valence-corrected chi connectivity index (χ1v) is 27.1. The van der Waals surface area contributed by atoms with Crippen molar-refractivity contribution in [1.29, 1.82) is 0 Å². The zero-order valence-electron chi connectivity index (χ0n) is 42.3. The molecule has 1 aliphatic heterocycles. The fourth-order valence-electron chi connectivity index (χ4n) is 9.05. The van der Waals surface area contributed by atoms with Gasteiger partial charge in [0.2, 0.25) is 11.8 Å². The monoisotopic (exact) mass is 952 g/mol. The number of carbonyl (C=O) groups excluding carboxylic acids is 3. The van der Waals surface area contributed by atoms with Crippen LogP contribution >= 0.6 is 0 Å². The number of aliphatic hydroxyl groups is 3. The lowest BCUT2D eigenvalue weighted by Crippen LogP contribution is -2.70. The van der Waals surface area contributed by atoms with Gasteiger partial charge < -0.3 is 45.1 Å². The molecule has 3 amide bonds. The summed E-state index contributed by atoms with van der Waals surface area (Å²) in [4.78, 5) is 43.3. The van der Waals surface area contributed by atoms with E-state index in [1.807, 2.05) is 60.7 Å². The Morgan fingerprint density at radius 2 is 1.04 bits per heavy atom. The molecule has 2 aromatic carbocycles. The van der Waals surface area contributed by atoms with Gasteiger partial charge in [0, 0.05) is 13.0 Å². The molecule has 386 valence electrons. The SMILES string of the molecule is CCCCCCCCCCCCCCCCCC(=O)N(CCCCCCCCCCCCCC)[C@@H]1O[C@H](CO)[C@@H](O)[C@H](O)[C@H]1NC(=O)[C@H](COCc1ccccc1)NC(=O)OCc1ccccc1. The number of unbranched alkanes of at least 4 members (excludes halogenated alkanes) is 25. The molecule has 0 saturated carbocycles. The second-order valence-corrected chi connectivity index (χ2v) is 19.2. The van der Waals surface area contributed by atoms with Crippen LogP contribution in [0.4, 0.5) is 4.79 Å². The Morgan fingerprint density at radius 1 is 0.603 bits per heavy atom. The van der Waals surface area contributed by atoms with Crippen LogP contribution in [0.1, 0.15) is 205 Å². The van der Waals surface area contributed by atoms with E-state index in [0.717, 1.165) is 49.7 Å². The maximum Gasteiger partial charge on any atom is 0.408 e. The van der Waals surface area contributed by atoms with E-state index in [-0.39, 0.29) is 32.1 Å². The van der Waals surface area contributed by atoms with Gasteiger partial charge in [-0.2, -0.15) is 0 Å². The molecular formula is C56H93N3O9. The number of hydrogen-bond donors (Lipinski definition) is 5. The van der Waals surface area contributed by atoms with Gasteiger partial charge in [0.1, 0.15) is 37.0 Å². The predicted octanol–water partition coefficient (Wildman–Crippen LogP) is 11.2. The molecule has 0 spiro atoms. The Bertz CT molecular complexity index is 1550. The first-order valence-electron chi connectivity index (χ1n) is 27.1. The third-order valence-corrected chi connectivity index (χ3v) is 13.3. The molecule has 1 aliphatic rings. The molecule has 1 heterocycles. The topological polar surface area (TPSA) is 167 Å². The summed E-state index contributed by atoms with van der Waals surface area (Å²) in [5.41, 5.74) is 1.64. The summed E-state index contributed by atoms with van der Waals surface area (Å²) in [6.07, 6.45) is 26.0. The zero-order valence-corrected chi connectivity index (χ0v) is 42.3. The summed E-state index contributed by atoms with van der Waals surface area (Å²) in [7, 11) is 0. The van der Waals surface area contributed by atoms with Crippen molar-refractivity contribution >= 4 is 17.9 Å². The van der Waals surface area contributed by atoms with Gasteiger partial charge in [-0.1, -0.05) is 235 Å². The fraction of sp³-hybridized carbons (Fsp3) is 0.732. The lowest BCUT2D eigenvalue weighted by atomic mass is 9.94. The highest BCUT2D eigenvalue weighted by atomic mass is 16.6. The smallest absolute Gasteiger partial charge is 0.408 e. The van der Waals surface area contributed by atoms with Gasteiger partial charge in [-0.3, -0.25) is 9.59 Å². The summed E-state index contributed by atoms with van der Waals surface area (Å²) in [6.45, 7) is 4.13. The van der Waals surface area contributed by atoms with Crippen LogP contribution in [0.5, 0.6) is 0 Å². The molecule has 0 aromatic heterocycles. The number of carbonyl (C=O) groups is 3. The fourth-order valence-corrected chi connectivity index (χ4v) is 9.05. The number of nitrogens with one attached hydrogen (secondary N) is 2. The maximum atomic E-state index is 14.3. The molecule has 5 N–H and O–H groups in total. The third-order valence-electron chi connectivity index (χ3n) is 13.3. The zero-order chi connectivity index (χ0) is 48.9. The van der Waals surface area contributed by atoms with E-state index in [1.165, 1.54) is 122 Å². The first-order chi connectivity index (χ1) is 33.3. The average Bonchev–Trinajstić information content (AvgIpc) is 3.35. The molecule has 68 heavy (non-hydrogen) atoms. The van der Waals surface area contributed by atoms with Gasteiger partial charge in [-0.25, -0.2) is 4.79 Å². The number of nitrogens with zero attached hydrogens (tertiary/aromatic N) is 1. The number of rotatable bonds is 40. The summed E-state index contributed by atoms with van der Waals surface area (Å²) in [6, 6.07) is 16.0. The van der Waals surface area contributed by atoms with E-state index in [9.17, 15) is 29.7 Å². The van der Waals surface area contributed by atoms with Crippen LogP contribution in [-0.4, -0.2) is 94.5 Å².